The quantitative estimate of drug-likeness (QED) is 0.564. The third-order valence-corrected chi connectivity index (χ3v) is 5.41. The standard InChI is InChI=1S/C23H22FN3O3/c24-18-7-9-19(10-8-18)26-23(29)22(28)25-14-20(21-6-3-13-30-21)27-12-11-16-4-1-2-5-17(16)15-27/h1-10,13,20H,11-12,14-15H2,(H,25,28)(H,26,29)/p+1/t20-/m1/s1. The highest BCUT2D eigenvalue weighted by Crippen LogP contribution is 2.15. The molecule has 1 unspecified atom stereocenters. The Morgan fingerprint density at radius 2 is 1.77 bits per heavy atom. The minimum Gasteiger partial charge on any atom is -0.463 e. The molecule has 6 nitrogen and oxygen atoms in total. The van der Waals surface area contributed by atoms with Crippen LogP contribution in [0.25, 0.3) is 0 Å². The van der Waals surface area contributed by atoms with Gasteiger partial charge in [-0.1, -0.05) is 24.3 Å². The molecule has 2 aromatic carbocycles. The molecule has 1 aliphatic heterocycles. The number of carbonyl (C=O) groups is 2. The van der Waals surface area contributed by atoms with Crippen LogP contribution in [-0.2, 0) is 22.6 Å². The molecule has 1 aromatic heterocycles. The Balaban J connectivity index is 1.41. The minimum absolute atomic E-state index is 0.115. The Bertz CT molecular complexity index is 1020. The smallest absolute Gasteiger partial charge is 0.313 e. The lowest BCUT2D eigenvalue weighted by atomic mass is 9.98. The Kier molecular flexibility index (Phi) is 5.90. The monoisotopic (exact) mass is 408 g/mol. The lowest BCUT2D eigenvalue weighted by Gasteiger charge is -2.31. The van der Waals surface area contributed by atoms with Crippen molar-refractivity contribution in [1.82, 2.24) is 5.32 Å². The molecule has 0 saturated carbocycles. The third-order valence-electron chi connectivity index (χ3n) is 5.41. The Hall–Kier alpha value is -3.45. The van der Waals surface area contributed by atoms with Crippen molar-refractivity contribution in [2.75, 3.05) is 18.4 Å². The first-order valence-corrected chi connectivity index (χ1v) is 9.89. The first kappa shape index (κ1) is 19.8. The largest absolute Gasteiger partial charge is 0.463 e. The van der Waals surface area contributed by atoms with Crippen LogP contribution in [0.1, 0.15) is 22.9 Å². The van der Waals surface area contributed by atoms with Crippen LogP contribution >= 0.6 is 0 Å². The van der Waals surface area contributed by atoms with Crippen molar-refractivity contribution in [3.63, 3.8) is 0 Å². The van der Waals surface area contributed by atoms with E-state index in [2.05, 4.69) is 22.8 Å². The predicted octanol–water partition coefficient (Wildman–Crippen LogP) is 1.86. The summed E-state index contributed by atoms with van der Waals surface area (Å²) >= 11 is 0. The first-order chi connectivity index (χ1) is 14.6. The van der Waals surface area contributed by atoms with E-state index in [9.17, 15) is 14.0 Å². The fraction of sp³-hybridized carbons (Fsp3) is 0.217. The zero-order valence-corrected chi connectivity index (χ0v) is 16.4. The fourth-order valence-corrected chi connectivity index (χ4v) is 3.83. The number of benzene rings is 2. The number of anilines is 1. The van der Waals surface area contributed by atoms with E-state index in [1.54, 1.807) is 6.26 Å². The molecule has 3 N–H and O–H groups in total. The molecule has 0 fully saturated rings. The van der Waals surface area contributed by atoms with Gasteiger partial charge in [0, 0.05) is 17.7 Å². The van der Waals surface area contributed by atoms with Gasteiger partial charge in [0.05, 0.1) is 19.4 Å². The summed E-state index contributed by atoms with van der Waals surface area (Å²) in [5.41, 5.74) is 3.00. The van der Waals surface area contributed by atoms with Crippen molar-refractivity contribution < 1.29 is 23.3 Å². The van der Waals surface area contributed by atoms with Gasteiger partial charge < -0.3 is 20.0 Å². The summed E-state index contributed by atoms with van der Waals surface area (Å²) in [5.74, 6) is -1.18. The average Bonchev–Trinajstić information content (AvgIpc) is 3.30. The van der Waals surface area contributed by atoms with Gasteiger partial charge in [-0.05, 0) is 42.0 Å². The van der Waals surface area contributed by atoms with Crippen molar-refractivity contribution in [3.8, 4) is 0 Å². The summed E-state index contributed by atoms with van der Waals surface area (Å²) in [6.07, 6.45) is 2.56. The Labute approximate surface area is 173 Å². The van der Waals surface area contributed by atoms with E-state index < -0.39 is 17.6 Å². The first-order valence-electron chi connectivity index (χ1n) is 9.89. The molecule has 30 heavy (non-hydrogen) atoms. The van der Waals surface area contributed by atoms with Crippen molar-refractivity contribution in [3.05, 3.63) is 89.6 Å². The molecule has 154 valence electrons. The molecule has 7 heteroatoms. The van der Waals surface area contributed by atoms with Gasteiger partial charge in [0.15, 0.2) is 11.8 Å². The number of amides is 2. The summed E-state index contributed by atoms with van der Waals surface area (Å²) in [5, 5.41) is 5.19. The predicted molar refractivity (Wildman–Crippen MR) is 109 cm³/mol. The molecular weight excluding hydrogens is 385 g/mol. The second-order valence-electron chi connectivity index (χ2n) is 7.34. The number of rotatable bonds is 5. The van der Waals surface area contributed by atoms with E-state index >= 15 is 0 Å². The Morgan fingerprint density at radius 3 is 2.50 bits per heavy atom. The topological polar surface area (TPSA) is 75.8 Å². The van der Waals surface area contributed by atoms with Crippen molar-refractivity contribution >= 4 is 17.5 Å². The van der Waals surface area contributed by atoms with E-state index in [-0.39, 0.29) is 12.6 Å². The van der Waals surface area contributed by atoms with Gasteiger partial charge in [0.1, 0.15) is 12.4 Å². The summed E-state index contributed by atoms with van der Waals surface area (Å²) in [6.45, 7) is 1.99. The lowest BCUT2D eigenvalue weighted by Crippen LogP contribution is -3.12. The molecule has 0 aliphatic carbocycles. The summed E-state index contributed by atoms with van der Waals surface area (Å²) < 4.78 is 18.6. The third kappa shape index (κ3) is 4.58. The molecule has 2 amide bonds. The second-order valence-corrected chi connectivity index (χ2v) is 7.34. The van der Waals surface area contributed by atoms with E-state index in [1.165, 1.54) is 40.3 Å². The van der Waals surface area contributed by atoms with E-state index in [0.717, 1.165) is 25.3 Å². The number of carbonyl (C=O) groups excluding carboxylic acids is 2. The van der Waals surface area contributed by atoms with Crippen molar-refractivity contribution in [2.24, 2.45) is 0 Å². The van der Waals surface area contributed by atoms with E-state index in [1.807, 2.05) is 24.3 Å². The van der Waals surface area contributed by atoms with Gasteiger partial charge in [-0.3, -0.25) is 9.59 Å². The number of hydrogen-bond donors (Lipinski definition) is 3. The molecule has 2 heterocycles. The van der Waals surface area contributed by atoms with Crippen LogP contribution in [0.3, 0.4) is 0 Å². The molecule has 0 radical (unpaired) electrons. The molecule has 2 atom stereocenters. The minimum atomic E-state index is -0.793. The summed E-state index contributed by atoms with van der Waals surface area (Å²) in [7, 11) is 0. The molecule has 0 spiro atoms. The number of halogens is 1. The van der Waals surface area contributed by atoms with E-state index in [4.69, 9.17) is 4.42 Å². The number of quaternary nitrogens is 1. The SMILES string of the molecule is O=C(NC[C@H](c1ccco1)[NH+]1CCc2ccccc2C1)C(=O)Nc1ccc(F)cc1. The maximum absolute atomic E-state index is 13.0. The maximum atomic E-state index is 13.0. The molecule has 0 bridgehead atoms. The lowest BCUT2D eigenvalue weighted by molar-refractivity contribution is -0.946. The number of furan rings is 1. The summed E-state index contributed by atoms with van der Waals surface area (Å²) in [6, 6.07) is 17.2. The molecular formula is C23H23FN3O3+. The zero-order chi connectivity index (χ0) is 20.9. The highest BCUT2D eigenvalue weighted by molar-refractivity contribution is 6.39. The van der Waals surface area contributed by atoms with Crippen LogP contribution < -0.4 is 15.5 Å². The normalized spacial score (nSPS) is 16.4. The zero-order valence-electron chi connectivity index (χ0n) is 16.4. The average molecular weight is 408 g/mol. The van der Waals surface area contributed by atoms with Crippen LogP contribution in [0.15, 0.2) is 71.3 Å². The van der Waals surface area contributed by atoms with E-state index in [0.29, 0.717) is 5.69 Å². The highest BCUT2D eigenvalue weighted by Gasteiger charge is 2.31. The van der Waals surface area contributed by atoms with Crippen LogP contribution in [-0.4, -0.2) is 24.9 Å². The van der Waals surface area contributed by atoms with Crippen molar-refractivity contribution in [1.29, 1.82) is 0 Å². The van der Waals surface area contributed by atoms with Gasteiger partial charge in [-0.15, -0.1) is 0 Å². The van der Waals surface area contributed by atoms with Crippen LogP contribution in [0, 0.1) is 5.82 Å². The number of fused-ring (bicyclic) bond motifs is 1. The number of nitrogens with one attached hydrogen (secondary N) is 3. The summed E-state index contributed by atoms with van der Waals surface area (Å²) in [4.78, 5) is 25.8. The second kappa shape index (κ2) is 8.92. The van der Waals surface area contributed by atoms with Crippen LogP contribution in [0.2, 0.25) is 0 Å². The number of hydrogen-bond acceptors (Lipinski definition) is 3. The molecule has 3 aromatic rings. The van der Waals surface area contributed by atoms with Gasteiger partial charge in [0.25, 0.3) is 0 Å². The Morgan fingerprint density at radius 1 is 1.00 bits per heavy atom. The van der Waals surface area contributed by atoms with Gasteiger partial charge in [-0.2, -0.15) is 0 Å². The molecule has 1 aliphatic rings. The molecule has 0 saturated heterocycles. The van der Waals surface area contributed by atoms with Crippen LogP contribution in [0.5, 0.6) is 0 Å². The van der Waals surface area contributed by atoms with Crippen LogP contribution in [0.4, 0.5) is 10.1 Å². The van der Waals surface area contributed by atoms with Crippen molar-refractivity contribution in [2.45, 2.75) is 19.0 Å². The maximum Gasteiger partial charge on any atom is 0.313 e. The molecule has 4 rings (SSSR count). The highest BCUT2D eigenvalue weighted by atomic mass is 19.1. The fourth-order valence-electron chi connectivity index (χ4n) is 3.83. The van der Waals surface area contributed by atoms with Gasteiger partial charge in [-0.25, -0.2) is 4.39 Å². The van der Waals surface area contributed by atoms with Gasteiger partial charge in [0.2, 0.25) is 0 Å². The van der Waals surface area contributed by atoms with Gasteiger partial charge >= 0.3 is 11.8 Å².